The number of alkyl halides is 6. The van der Waals surface area contributed by atoms with E-state index in [0.29, 0.717) is 32.1 Å². The lowest BCUT2D eigenvalue weighted by Crippen LogP contribution is -2.50. The number of nitrogens with zero attached hydrogens (tertiary/aromatic N) is 4. The summed E-state index contributed by atoms with van der Waals surface area (Å²) in [5.41, 5.74) is 2.05. The van der Waals surface area contributed by atoms with E-state index in [9.17, 15) is 31.1 Å². The number of ether oxygens (including phenoxy) is 2. The molecule has 0 aliphatic carbocycles. The molecular formula is C23H32F6N4O3. The topological polar surface area (TPSA) is 59.8 Å². The van der Waals surface area contributed by atoms with E-state index in [1.807, 2.05) is 0 Å². The maximum absolute atomic E-state index is 12.7. The number of hydrogen-bond donors (Lipinski definition) is 0. The molecule has 1 aromatic heterocycles. The lowest BCUT2D eigenvalue weighted by molar-refractivity contribution is -0.308. The van der Waals surface area contributed by atoms with Gasteiger partial charge in [-0.25, -0.2) is 4.79 Å². The van der Waals surface area contributed by atoms with Crippen molar-refractivity contribution in [3.63, 3.8) is 0 Å². The average Bonchev–Trinajstić information content (AvgIpc) is 3.41. The van der Waals surface area contributed by atoms with Crippen molar-refractivity contribution in [3.05, 3.63) is 17.5 Å². The van der Waals surface area contributed by atoms with E-state index in [-0.39, 0.29) is 18.5 Å². The van der Waals surface area contributed by atoms with E-state index in [4.69, 9.17) is 9.84 Å². The van der Waals surface area contributed by atoms with Gasteiger partial charge in [-0.3, -0.25) is 9.58 Å². The van der Waals surface area contributed by atoms with Crippen LogP contribution in [0.15, 0.2) is 6.07 Å². The highest BCUT2D eigenvalue weighted by molar-refractivity contribution is 5.68. The summed E-state index contributed by atoms with van der Waals surface area (Å²) in [7, 11) is 0. The van der Waals surface area contributed by atoms with Crippen molar-refractivity contribution in [2.24, 2.45) is 5.41 Å². The molecular weight excluding hydrogens is 494 g/mol. The number of halogens is 6. The van der Waals surface area contributed by atoms with E-state index in [0.717, 1.165) is 61.6 Å². The number of piperidine rings is 1. The van der Waals surface area contributed by atoms with Crippen molar-refractivity contribution < 1.29 is 40.6 Å². The summed E-state index contributed by atoms with van der Waals surface area (Å²) in [6.45, 7) is 5.92. The third-order valence-corrected chi connectivity index (χ3v) is 7.56. The van der Waals surface area contributed by atoms with Crippen LogP contribution >= 0.6 is 0 Å². The van der Waals surface area contributed by atoms with Gasteiger partial charge in [-0.2, -0.15) is 31.4 Å². The molecule has 0 aromatic carbocycles. The van der Waals surface area contributed by atoms with Gasteiger partial charge in [0.1, 0.15) is 0 Å². The standard InChI is InChI=1S/C23H32F6N4O3/c1-2-16-13-18(33(30-16)17-3-11-35-12-4-17)14-31-8-5-21(15-31)6-9-32(10-7-21)20(34)36-19(22(24,25)26)23(27,28)29/h13,17,19H,2-12,14-15H2,1H3. The van der Waals surface area contributed by atoms with E-state index in [1.54, 1.807) is 0 Å². The molecule has 7 nitrogen and oxygen atoms in total. The maximum Gasteiger partial charge on any atom is 0.434 e. The molecule has 0 N–H and O–H groups in total. The number of hydrogen-bond acceptors (Lipinski definition) is 5. The summed E-state index contributed by atoms with van der Waals surface area (Å²) >= 11 is 0. The zero-order chi connectivity index (χ0) is 26.1. The average molecular weight is 527 g/mol. The second kappa shape index (κ2) is 10.4. The predicted molar refractivity (Wildman–Crippen MR) is 116 cm³/mol. The molecule has 204 valence electrons. The molecule has 0 atom stereocenters. The van der Waals surface area contributed by atoms with Crippen molar-refractivity contribution in [2.45, 2.75) is 76.5 Å². The van der Waals surface area contributed by atoms with Crippen LogP contribution in [0, 0.1) is 5.41 Å². The molecule has 4 heterocycles. The Morgan fingerprint density at radius 3 is 2.31 bits per heavy atom. The Balaban J connectivity index is 1.33. The minimum absolute atomic E-state index is 0.0646. The number of aromatic nitrogens is 2. The van der Waals surface area contributed by atoms with Gasteiger partial charge in [0.25, 0.3) is 6.10 Å². The quantitative estimate of drug-likeness (QED) is 0.520. The second-order valence-corrected chi connectivity index (χ2v) is 10.1. The van der Waals surface area contributed by atoms with Crippen LogP contribution in [0.4, 0.5) is 31.1 Å². The Kier molecular flexibility index (Phi) is 7.80. The summed E-state index contributed by atoms with van der Waals surface area (Å²) < 4.78 is 87.9. The molecule has 1 amide bonds. The van der Waals surface area contributed by atoms with Crippen molar-refractivity contribution in [1.82, 2.24) is 19.6 Å². The molecule has 0 unspecified atom stereocenters. The number of amides is 1. The van der Waals surface area contributed by atoms with Gasteiger partial charge >= 0.3 is 18.4 Å². The molecule has 3 aliphatic rings. The van der Waals surface area contributed by atoms with E-state index < -0.39 is 24.5 Å². The van der Waals surface area contributed by atoms with Gasteiger partial charge in [-0.15, -0.1) is 0 Å². The number of aryl methyl sites for hydroxylation is 1. The van der Waals surface area contributed by atoms with Gasteiger partial charge in [0, 0.05) is 39.4 Å². The first kappa shape index (κ1) is 27.0. The first-order chi connectivity index (χ1) is 16.9. The largest absolute Gasteiger partial charge is 0.434 e. The van der Waals surface area contributed by atoms with Gasteiger partial charge in [0.2, 0.25) is 0 Å². The normalized spacial score (nSPS) is 22.1. The number of carbonyl (C=O) groups is 1. The van der Waals surface area contributed by atoms with Crippen LogP contribution in [-0.4, -0.2) is 83.5 Å². The van der Waals surface area contributed by atoms with Crippen LogP contribution in [-0.2, 0) is 22.4 Å². The zero-order valence-electron chi connectivity index (χ0n) is 20.2. The van der Waals surface area contributed by atoms with Crippen LogP contribution in [0.25, 0.3) is 0 Å². The third kappa shape index (κ3) is 6.09. The van der Waals surface area contributed by atoms with Crippen LogP contribution in [0.1, 0.15) is 56.5 Å². The monoisotopic (exact) mass is 526 g/mol. The second-order valence-electron chi connectivity index (χ2n) is 10.1. The van der Waals surface area contributed by atoms with E-state index in [2.05, 4.69) is 27.3 Å². The lowest BCUT2D eigenvalue weighted by atomic mass is 9.78. The Bertz CT molecular complexity index is 891. The highest BCUT2D eigenvalue weighted by atomic mass is 19.4. The van der Waals surface area contributed by atoms with Gasteiger partial charge in [0.05, 0.1) is 17.4 Å². The molecule has 4 rings (SSSR count). The fraction of sp³-hybridized carbons (Fsp3) is 0.826. The molecule has 1 aromatic rings. The molecule has 3 aliphatic heterocycles. The third-order valence-electron chi connectivity index (χ3n) is 7.56. The minimum atomic E-state index is -5.72. The van der Waals surface area contributed by atoms with Crippen LogP contribution in [0.5, 0.6) is 0 Å². The Hall–Kier alpha value is -2.02. The lowest BCUT2D eigenvalue weighted by Gasteiger charge is -2.39. The van der Waals surface area contributed by atoms with Crippen molar-refractivity contribution in [3.8, 4) is 0 Å². The van der Waals surface area contributed by atoms with Crippen LogP contribution < -0.4 is 0 Å². The fourth-order valence-electron chi connectivity index (χ4n) is 5.48. The predicted octanol–water partition coefficient (Wildman–Crippen LogP) is 4.71. The SMILES string of the molecule is CCc1cc(CN2CCC3(CCN(C(=O)OC(C(F)(F)F)C(F)(F)F)CC3)C2)n(C2CCOCC2)n1. The van der Waals surface area contributed by atoms with Gasteiger partial charge in [-0.1, -0.05) is 6.92 Å². The fourth-order valence-corrected chi connectivity index (χ4v) is 5.48. The van der Waals surface area contributed by atoms with Crippen LogP contribution in [0.3, 0.4) is 0 Å². The summed E-state index contributed by atoms with van der Waals surface area (Å²) in [5, 5.41) is 4.80. The molecule has 0 bridgehead atoms. The number of carbonyl (C=O) groups excluding carboxylic acids is 1. The molecule has 1 spiro atoms. The molecule has 3 fully saturated rings. The van der Waals surface area contributed by atoms with E-state index in [1.165, 1.54) is 0 Å². The van der Waals surface area contributed by atoms with E-state index >= 15 is 0 Å². The molecule has 0 radical (unpaired) electrons. The van der Waals surface area contributed by atoms with Crippen molar-refractivity contribution in [1.29, 1.82) is 0 Å². The maximum atomic E-state index is 12.7. The Morgan fingerprint density at radius 2 is 1.72 bits per heavy atom. The number of rotatable bonds is 5. The molecule has 3 saturated heterocycles. The first-order valence-electron chi connectivity index (χ1n) is 12.4. The highest BCUT2D eigenvalue weighted by Crippen LogP contribution is 2.42. The van der Waals surface area contributed by atoms with Crippen molar-refractivity contribution in [2.75, 3.05) is 39.4 Å². The Labute approximate surface area is 205 Å². The van der Waals surface area contributed by atoms with Crippen molar-refractivity contribution >= 4 is 6.09 Å². The summed E-state index contributed by atoms with van der Waals surface area (Å²) in [4.78, 5) is 15.4. The zero-order valence-corrected chi connectivity index (χ0v) is 20.2. The van der Waals surface area contributed by atoms with Gasteiger partial charge in [-0.05, 0) is 56.6 Å². The molecule has 36 heavy (non-hydrogen) atoms. The number of likely N-dealkylation sites (tertiary alicyclic amines) is 2. The Morgan fingerprint density at radius 1 is 1.11 bits per heavy atom. The van der Waals surface area contributed by atoms with Crippen LogP contribution in [0.2, 0.25) is 0 Å². The van der Waals surface area contributed by atoms with Gasteiger partial charge < -0.3 is 14.4 Å². The summed E-state index contributed by atoms with van der Waals surface area (Å²) in [6.07, 6.45) is -12.6. The smallest absolute Gasteiger partial charge is 0.426 e. The first-order valence-corrected chi connectivity index (χ1v) is 12.4. The minimum Gasteiger partial charge on any atom is -0.426 e. The highest BCUT2D eigenvalue weighted by Gasteiger charge is 2.60. The molecule has 13 heteroatoms. The summed E-state index contributed by atoms with van der Waals surface area (Å²) in [6, 6.07) is 2.44. The summed E-state index contributed by atoms with van der Waals surface area (Å²) in [5.74, 6) is 0. The van der Waals surface area contributed by atoms with Gasteiger partial charge in [0.15, 0.2) is 0 Å². The molecule has 0 saturated carbocycles.